The minimum atomic E-state index is -4.20. The van der Waals surface area contributed by atoms with Crippen LogP contribution < -0.4 is 10.6 Å². The molecule has 9 heteroatoms. The topological polar surface area (TPSA) is 66.0 Å². The highest BCUT2D eigenvalue weighted by Crippen LogP contribution is 2.25. The van der Waals surface area contributed by atoms with Gasteiger partial charge in [-0.25, -0.2) is 0 Å². The molecule has 2 N–H and O–H groups in total. The van der Waals surface area contributed by atoms with Crippen LogP contribution in [0.3, 0.4) is 0 Å². The van der Waals surface area contributed by atoms with E-state index in [9.17, 15) is 18.0 Å². The number of nitrogens with one attached hydrogen (secondary N) is 2. The van der Waals surface area contributed by atoms with E-state index in [2.05, 4.69) is 15.6 Å². The molecule has 152 valence electrons. The standard InChI is InChI=1S/C17H31F3N4O2/c1-4-21-16(22-10-11-24(3)12-17(18,19)20)23-14-8-6-13(7-9-14)15(25)26-5-2/h13-14H,4-12H2,1-3H3,(H2,21,22,23). The summed E-state index contributed by atoms with van der Waals surface area (Å²) in [5, 5.41) is 6.43. The van der Waals surface area contributed by atoms with Gasteiger partial charge in [-0.05, 0) is 46.6 Å². The molecule has 0 amide bonds. The molecule has 0 heterocycles. The molecule has 0 bridgehead atoms. The van der Waals surface area contributed by atoms with Crippen LogP contribution in [0.25, 0.3) is 0 Å². The number of likely N-dealkylation sites (N-methyl/N-ethyl adjacent to an activating group) is 1. The van der Waals surface area contributed by atoms with Crippen molar-refractivity contribution in [1.82, 2.24) is 15.5 Å². The minimum Gasteiger partial charge on any atom is -0.466 e. The quantitative estimate of drug-likeness (QED) is 0.384. The van der Waals surface area contributed by atoms with E-state index in [-0.39, 0.29) is 31.0 Å². The Morgan fingerprint density at radius 1 is 1.23 bits per heavy atom. The zero-order chi connectivity index (χ0) is 19.6. The first kappa shape index (κ1) is 22.5. The van der Waals surface area contributed by atoms with Crippen molar-refractivity contribution in [3.63, 3.8) is 0 Å². The van der Waals surface area contributed by atoms with Gasteiger partial charge in [0, 0.05) is 19.1 Å². The third kappa shape index (κ3) is 9.26. The second kappa shape index (κ2) is 11.3. The van der Waals surface area contributed by atoms with Crippen LogP contribution in [0.1, 0.15) is 39.5 Å². The Hall–Kier alpha value is -1.51. The number of nitrogens with zero attached hydrogens (tertiary/aromatic N) is 2. The molecule has 0 saturated heterocycles. The molecule has 1 rings (SSSR count). The summed E-state index contributed by atoms with van der Waals surface area (Å²) in [6.07, 6.45) is -0.989. The van der Waals surface area contributed by atoms with Gasteiger partial charge in [0.05, 0.1) is 25.6 Å². The summed E-state index contributed by atoms with van der Waals surface area (Å²) in [6, 6.07) is 0.200. The summed E-state index contributed by atoms with van der Waals surface area (Å²) < 4.78 is 42.0. The van der Waals surface area contributed by atoms with Crippen molar-refractivity contribution in [2.45, 2.75) is 51.7 Å². The molecular formula is C17H31F3N4O2. The Bertz CT molecular complexity index is 450. The molecule has 1 aliphatic carbocycles. The fourth-order valence-electron chi connectivity index (χ4n) is 2.96. The smallest absolute Gasteiger partial charge is 0.401 e. The minimum absolute atomic E-state index is 0.0384. The molecule has 0 aromatic rings. The molecule has 1 saturated carbocycles. The summed E-state index contributed by atoms with van der Waals surface area (Å²) in [5.74, 6) is 0.440. The molecule has 0 aliphatic heterocycles. The predicted octanol–water partition coefficient (Wildman–Crippen LogP) is 2.16. The molecular weight excluding hydrogens is 349 g/mol. The third-order valence-electron chi connectivity index (χ3n) is 4.23. The van der Waals surface area contributed by atoms with E-state index in [0.717, 1.165) is 25.7 Å². The van der Waals surface area contributed by atoms with Crippen molar-refractivity contribution in [2.24, 2.45) is 10.9 Å². The highest BCUT2D eigenvalue weighted by molar-refractivity contribution is 5.80. The number of alkyl halides is 3. The average Bonchev–Trinajstić information content (AvgIpc) is 2.54. The van der Waals surface area contributed by atoms with Gasteiger partial charge in [-0.1, -0.05) is 0 Å². The molecule has 1 fully saturated rings. The maximum atomic E-state index is 12.3. The molecule has 0 radical (unpaired) electrons. The van der Waals surface area contributed by atoms with Gasteiger partial charge in [0.2, 0.25) is 0 Å². The van der Waals surface area contributed by atoms with Crippen LogP contribution in [0.15, 0.2) is 4.99 Å². The van der Waals surface area contributed by atoms with Gasteiger partial charge in [0.1, 0.15) is 0 Å². The SMILES string of the molecule is CCNC(=NCCN(C)CC(F)(F)F)NC1CCC(C(=O)OCC)CC1. The summed E-state index contributed by atoms with van der Waals surface area (Å²) in [5.41, 5.74) is 0. The number of esters is 1. The molecule has 0 spiro atoms. The van der Waals surface area contributed by atoms with E-state index >= 15 is 0 Å². The third-order valence-corrected chi connectivity index (χ3v) is 4.23. The first-order chi connectivity index (χ1) is 12.2. The van der Waals surface area contributed by atoms with Crippen molar-refractivity contribution < 1.29 is 22.7 Å². The Morgan fingerprint density at radius 2 is 1.88 bits per heavy atom. The molecule has 6 nitrogen and oxygen atoms in total. The Kier molecular flexibility index (Phi) is 9.75. The van der Waals surface area contributed by atoms with Crippen LogP contribution in [0.4, 0.5) is 13.2 Å². The lowest BCUT2D eigenvalue weighted by molar-refractivity contribution is -0.149. The van der Waals surface area contributed by atoms with E-state index < -0.39 is 12.7 Å². The van der Waals surface area contributed by atoms with Gasteiger partial charge in [-0.2, -0.15) is 13.2 Å². The summed E-state index contributed by atoms with van der Waals surface area (Å²) in [6.45, 7) is 4.37. The summed E-state index contributed by atoms with van der Waals surface area (Å²) >= 11 is 0. The number of aliphatic imine (C=N–C) groups is 1. The Balaban J connectivity index is 2.42. The molecule has 0 atom stereocenters. The maximum Gasteiger partial charge on any atom is 0.401 e. The largest absolute Gasteiger partial charge is 0.466 e. The Morgan fingerprint density at radius 3 is 2.42 bits per heavy atom. The second-order valence-electron chi connectivity index (χ2n) is 6.56. The monoisotopic (exact) mass is 380 g/mol. The van der Waals surface area contributed by atoms with Crippen molar-refractivity contribution in [2.75, 3.05) is 39.8 Å². The number of hydrogen-bond acceptors (Lipinski definition) is 4. The van der Waals surface area contributed by atoms with Crippen LogP contribution in [0, 0.1) is 5.92 Å². The van der Waals surface area contributed by atoms with E-state index in [4.69, 9.17) is 4.74 Å². The number of rotatable bonds is 8. The van der Waals surface area contributed by atoms with Gasteiger partial charge < -0.3 is 15.4 Å². The van der Waals surface area contributed by atoms with Crippen LogP contribution >= 0.6 is 0 Å². The lowest BCUT2D eigenvalue weighted by Gasteiger charge is -2.29. The average molecular weight is 380 g/mol. The number of carbonyl (C=O) groups is 1. The molecule has 0 unspecified atom stereocenters. The van der Waals surface area contributed by atoms with Crippen LogP contribution in [0.5, 0.6) is 0 Å². The van der Waals surface area contributed by atoms with Gasteiger partial charge >= 0.3 is 12.1 Å². The first-order valence-electron chi connectivity index (χ1n) is 9.22. The van der Waals surface area contributed by atoms with Crippen LogP contribution in [0.2, 0.25) is 0 Å². The maximum absolute atomic E-state index is 12.3. The zero-order valence-electron chi connectivity index (χ0n) is 15.9. The Labute approximate surface area is 153 Å². The zero-order valence-corrected chi connectivity index (χ0v) is 15.9. The highest BCUT2D eigenvalue weighted by atomic mass is 19.4. The van der Waals surface area contributed by atoms with E-state index in [1.165, 1.54) is 11.9 Å². The number of ether oxygens (including phenoxy) is 1. The van der Waals surface area contributed by atoms with Gasteiger partial charge in [-0.3, -0.25) is 14.7 Å². The van der Waals surface area contributed by atoms with Gasteiger partial charge in [0.15, 0.2) is 5.96 Å². The fraction of sp³-hybridized carbons (Fsp3) is 0.882. The van der Waals surface area contributed by atoms with Gasteiger partial charge in [0.25, 0.3) is 0 Å². The van der Waals surface area contributed by atoms with E-state index in [1.807, 2.05) is 6.92 Å². The lowest BCUT2D eigenvalue weighted by atomic mass is 9.86. The second-order valence-corrected chi connectivity index (χ2v) is 6.56. The highest BCUT2D eigenvalue weighted by Gasteiger charge is 2.29. The van der Waals surface area contributed by atoms with Crippen molar-refractivity contribution >= 4 is 11.9 Å². The van der Waals surface area contributed by atoms with Crippen LogP contribution in [-0.2, 0) is 9.53 Å². The van der Waals surface area contributed by atoms with Crippen molar-refractivity contribution in [3.8, 4) is 0 Å². The molecule has 0 aromatic carbocycles. The summed E-state index contributed by atoms with van der Waals surface area (Å²) in [7, 11) is 1.43. The predicted molar refractivity (Wildman–Crippen MR) is 95.0 cm³/mol. The van der Waals surface area contributed by atoms with Crippen LogP contribution in [-0.4, -0.2) is 68.9 Å². The fourth-order valence-corrected chi connectivity index (χ4v) is 2.96. The van der Waals surface area contributed by atoms with Crippen molar-refractivity contribution in [1.29, 1.82) is 0 Å². The molecule has 0 aromatic heterocycles. The van der Waals surface area contributed by atoms with Crippen molar-refractivity contribution in [3.05, 3.63) is 0 Å². The van der Waals surface area contributed by atoms with E-state index in [1.54, 1.807) is 6.92 Å². The van der Waals surface area contributed by atoms with Gasteiger partial charge in [-0.15, -0.1) is 0 Å². The number of guanidine groups is 1. The number of hydrogen-bond donors (Lipinski definition) is 2. The van der Waals surface area contributed by atoms with E-state index in [0.29, 0.717) is 19.1 Å². The molecule has 1 aliphatic rings. The lowest BCUT2D eigenvalue weighted by Crippen LogP contribution is -2.45. The first-order valence-corrected chi connectivity index (χ1v) is 9.22. The number of carbonyl (C=O) groups excluding carboxylic acids is 1. The summed E-state index contributed by atoms with van der Waals surface area (Å²) in [4.78, 5) is 17.3. The molecule has 26 heavy (non-hydrogen) atoms. The normalized spacial score (nSPS) is 21.6. The number of halogens is 3.